The lowest BCUT2D eigenvalue weighted by Gasteiger charge is -2.14. The quantitative estimate of drug-likeness (QED) is 0.778. The molecule has 0 atom stereocenters. The Hall–Kier alpha value is -1.52. The van der Waals surface area contributed by atoms with Crippen LogP contribution >= 0.6 is 27.5 Å². The molecule has 0 aromatic heterocycles. The Kier molecular flexibility index (Phi) is 4.35. The largest absolute Gasteiger partial charge is 0.397 e. The second-order valence-electron chi connectivity index (χ2n) is 4.55. The SMILES string of the molecule is Cc1ccc(N)c(NC(=O)c2ccc(Cl)cc2Br)c1C. The number of hydrogen-bond acceptors (Lipinski definition) is 2. The van der Waals surface area contributed by atoms with Gasteiger partial charge in [-0.25, -0.2) is 0 Å². The van der Waals surface area contributed by atoms with E-state index in [9.17, 15) is 4.79 Å². The third-order valence-corrected chi connectivity index (χ3v) is 4.07. The molecule has 0 saturated heterocycles. The van der Waals surface area contributed by atoms with Crippen molar-refractivity contribution in [3.05, 3.63) is 56.5 Å². The second kappa shape index (κ2) is 5.85. The van der Waals surface area contributed by atoms with Gasteiger partial charge < -0.3 is 11.1 Å². The lowest BCUT2D eigenvalue weighted by molar-refractivity contribution is 0.102. The molecule has 0 aliphatic heterocycles. The number of nitrogens with one attached hydrogen (secondary N) is 1. The van der Waals surface area contributed by atoms with Crippen molar-refractivity contribution in [1.29, 1.82) is 0 Å². The predicted octanol–water partition coefficient (Wildman–Crippen LogP) is 4.55. The number of aryl methyl sites for hydroxylation is 1. The molecule has 0 fully saturated rings. The van der Waals surface area contributed by atoms with Crippen LogP contribution in [0, 0.1) is 13.8 Å². The van der Waals surface area contributed by atoms with Crippen LogP contribution in [0.4, 0.5) is 11.4 Å². The normalized spacial score (nSPS) is 10.4. The van der Waals surface area contributed by atoms with Crippen molar-refractivity contribution in [2.24, 2.45) is 0 Å². The van der Waals surface area contributed by atoms with Gasteiger partial charge in [0.15, 0.2) is 0 Å². The van der Waals surface area contributed by atoms with Gasteiger partial charge >= 0.3 is 0 Å². The number of nitrogen functional groups attached to an aromatic ring is 1. The fourth-order valence-electron chi connectivity index (χ4n) is 1.86. The van der Waals surface area contributed by atoms with Crippen molar-refractivity contribution in [3.8, 4) is 0 Å². The van der Waals surface area contributed by atoms with Crippen molar-refractivity contribution >= 4 is 44.8 Å². The first kappa shape index (κ1) is 14.9. The van der Waals surface area contributed by atoms with Crippen LogP contribution in [0.25, 0.3) is 0 Å². The van der Waals surface area contributed by atoms with Gasteiger partial charge in [0, 0.05) is 9.50 Å². The molecule has 3 N–H and O–H groups in total. The Morgan fingerprint density at radius 2 is 1.95 bits per heavy atom. The Labute approximate surface area is 131 Å². The van der Waals surface area contributed by atoms with Crippen LogP contribution < -0.4 is 11.1 Å². The maximum Gasteiger partial charge on any atom is 0.256 e. The summed E-state index contributed by atoms with van der Waals surface area (Å²) in [7, 11) is 0. The molecule has 5 heteroatoms. The number of nitrogens with two attached hydrogens (primary N) is 1. The highest BCUT2D eigenvalue weighted by Gasteiger charge is 2.14. The zero-order chi connectivity index (χ0) is 14.9. The number of amides is 1. The summed E-state index contributed by atoms with van der Waals surface area (Å²) in [6.45, 7) is 3.90. The Morgan fingerprint density at radius 1 is 1.25 bits per heavy atom. The van der Waals surface area contributed by atoms with Gasteiger partial charge in [-0.3, -0.25) is 4.79 Å². The van der Waals surface area contributed by atoms with Crippen LogP contribution in [0.5, 0.6) is 0 Å². The lowest BCUT2D eigenvalue weighted by Crippen LogP contribution is -2.15. The van der Waals surface area contributed by atoms with Crippen molar-refractivity contribution in [2.45, 2.75) is 13.8 Å². The van der Waals surface area contributed by atoms with E-state index in [1.165, 1.54) is 0 Å². The predicted molar refractivity (Wildman–Crippen MR) is 87.4 cm³/mol. The van der Waals surface area contributed by atoms with Crippen LogP contribution in [-0.2, 0) is 0 Å². The summed E-state index contributed by atoms with van der Waals surface area (Å²) >= 11 is 9.21. The molecular formula is C15H14BrClN2O. The highest BCUT2D eigenvalue weighted by Crippen LogP contribution is 2.28. The number of halogens is 2. The minimum atomic E-state index is -0.228. The molecule has 0 heterocycles. The van der Waals surface area contributed by atoms with E-state index in [1.807, 2.05) is 19.9 Å². The smallest absolute Gasteiger partial charge is 0.256 e. The standard InChI is InChI=1S/C15H14BrClN2O/c1-8-3-6-13(18)14(9(8)2)19-15(20)11-5-4-10(17)7-12(11)16/h3-7H,18H2,1-2H3,(H,19,20). The fourth-order valence-corrected chi connectivity index (χ4v) is 2.72. The fraction of sp³-hybridized carbons (Fsp3) is 0.133. The van der Waals surface area contributed by atoms with E-state index in [0.717, 1.165) is 11.1 Å². The number of carbonyl (C=O) groups is 1. The first-order chi connectivity index (χ1) is 9.40. The van der Waals surface area contributed by atoms with Crippen molar-refractivity contribution in [1.82, 2.24) is 0 Å². The van der Waals surface area contributed by atoms with Gasteiger partial charge in [-0.15, -0.1) is 0 Å². The van der Waals surface area contributed by atoms with Crippen LogP contribution in [0.3, 0.4) is 0 Å². The number of anilines is 2. The molecule has 1 amide bonds. The summed E-state index contributed by atoms with van der Waals surface area (Å²) in [5.74, 6) is -0.228. The Bertz CT molecular complexity index is 686. The molecule has 0 unspecified atom stereocenters. The molecule has 0 aliphatic rings. The molecule has 0 saturated carbocycles. The number of carbonyl (C=O) groups excluding carboxylic acids is 1. The zero-order valence-corrected chi connectivity index (χ0v) is 13.5. The molecule has 3 nitrogen and oxygen atoms in total. The summed E-state index contributed by atoms with van der Waals surface area (Å²) < 4.78 is 0.645. The minimum absolute atomic E-state index is 0.228. The van der Waals surface area contributed by atoms with E-state index in [4.69, 9.17) is 17.3 Å². The van der Waals surface area contributed by atoms with Crippen LogP contribution in [0.15, 0.2) is 34.8 Å². The monoisotopic (exact) mass is 352 g/mol. The van der Waals surface area contributed by atoms with Crippen molar-refractivity contribution in [2.75, 3.05) is 11.1 Å². The highest BCUT2D eigenvalue weighted by atomic mass is 79.9. The van der Waals surface area contributed by atoms with E-state index >= 15 is 0 Å². The molecule has 104 valence electrons. The molecule has 2 rings (SSSR count). The third-order valence-electron chi connectivity index (χ3n) is 3.18. The summed E-state index contributed by atoms with van der Waals surface area (Å²) in [5, 5.41) is 3.43. The average Bonchev–Trinajstić information content (AvgIpc) is 2.39. The maximum absolute atomic E-state index is 12.3. The van der Waals surface area contributed by atoms with Crippen LogP contribution in [0.2, 0.25) is 5.02 Å². The highest BCUT2D eigenvalue weighted by molar-refractivity contribution is 9.10. The summed E-state index contributed by atoms with van der Waals surface area (Å²) in [4.78, 5) is 12.3. The first-order valence-electron chi connectivity index (χ1n) is 6.02. The third kappa shape index (κ3) is 2.97. The summed E-state index contributed by atoms with van der Waals surface area (Å²) in [5.41, 5.74) is 9.67. The molecule has 0 radical (unpaired) electrons. The topological polar surface area (TPSA) is 55.1 Å². The van der Waals surface area contributed by atoms with Gasteiger partial charge in [0.1, 0.15) is 0 Å². The van der Waals surface area contributed by atoms with Gasteiger partial charge in [-0.05, 0) is 65.2 Å². The minimum Gasteiger partial charge on any atom is -0.397 e. The van der Waals surface area contributed by atoms with Crippen LogP contribution in [0.1, 0.15) is 21.5 Å². The molecular weight excluding hydrogens is 340 g/mol. The Morgan fingerprint density at radius 3 is 2.60 bits per heavy atom. The second-order valence-corrected chi connectivity index (χ2v) is 5.84. The first-order valence-corrected chi connectivity index (χ1v) is 7.19. The van der Waals surface area contributed by atoms with Gasteiger partial charge in [0.05, 0.1) is 16.9 Å². The van der Waals surface area contributed by atoms with Gasteiger partial charge in [-0.1, -0.05) is 17.7 Å². The Balaban J connectivity index is 2.35. The van der Waals surface area contributed by atoms with Gasteiger partial charge in [0.2, 0.25) is 0 Å². The maximum atomic E-state index is 12.3. The van der Waals surface area contributed by atoms with Crippen molar-refractivity contribution < 1.29 is 4.79 Å². The summed E-state index contributed by atoms with van der Waals surface area (Å²) in [6, 6.07) is 8.74. The molecule has 0 aliphatic carbocycles. The van der Waals surface area contributed by atoms with Crippen molar-refractivity contribution in [3.63, 3.8) is 0 Å². The lowest BCUT2D eigenvalue weighted by atomic mass is 10.1. The molecule has 0 spiro atoms. The van der Waals surface area contributed by atoms with Gasteiger partial charge in [-0.2, -0.15) is 0 Å². The molecule has 20 heavy (non-hydrogen) atoms. The van der Waals surface area contributed by atoms with E-state index in [0.29, 0.717) is 26.4 Å². The van der Waals surface area contributed by atoms with Crippen LogP contribution in [-0.4, -0.2) is 5.91 Å². The van der Waals surface area contributed by atoms with E-state index in [2.05, 4.69) is 21.2 Å². The zero-order valence-electron chi connectivity index (χ0n) is 11.1. The molecule has 2 aromatic carbocycles. The number of benzene rings is 2. The number of hydrogen-bond donors (Lipinski definition) is 2. The van der Waals surface area contributed by atoms with Gasteiger partial charge in [0.25, 0.3) is 5.91 Å². The van der Waals surface area contributed by atoms with E-state index < -0.39 is 0 Å². The summed E-state index contributed by atoms with van der Waals surface area (Å²) in [6.07, 6.45) is 0. The number of rotatable bonds is 2. The molecule has 0 bridgehead atoms. The average molecular weight is 354 g/mol. The van der Waals surface area contributed by atoms with E-state index in [-0.39, 0.29) is 5.91 Å². The van der Waals surface area contributed by atoms with E-state index in [1.54, 1.807) is 24.3 Å². The molecule has 2 aromatic rings.